The van der Waals surface area contributed by atoms with Crippen molar-refractivity contribution >= 4 is 17.7 Å². The first-order valence-electron chi connectivity index (χ1n) is 11.5. The number of piperidine rings is 2. The molecule has 0 saturated carbocycles. The fourth-order valence-electron chi connectivity index (χ4n) is 5.56. The Bertz CT molecular complexity index is 829. The van der Waals surface area contributed by atoms with E-state index in [1.165, 1.54) is 5.56 Å². The van der Waals surface area contributed by atoms with E-state index in [0.29, 0.717) is 19.5 Å². The number of likely N-dealkylation sites (N-methyl/N-ethyl adjacent to an activating group) is 1. The molecule has 4 rings (SSSR count). The highest BCUT2D eigenvalue weighted by Gasteiger charge is 2.51. The predicted molar refractivity (Wildman–Crippen MR) is 118 cm³/mol. The van der Waals surface area contributed by atoms with E-state index < -0.39 is 12.1 Å². The minimum atomic E-state index is -0.560. The van der Waals surface area contributed by atoms with Gasteiger partial charge in [0, 0.05) is 19.6 Å². The maximum Gasteiger partial charge on any atom is 0.246 e. The third-order valence-corrected chi connectivity index (χ3v) is 7.46. The van der Waals surface area contributed by atoms with Gasteiger partial charge in [0.1, 0.15) is 12.1 Å². The Morgan fingerprint density at radius 2 is 1.90 bits per heavy atom. The van der Waals surface area contributed by atoms with Crippen molar-refractivity contribution < 1.29 is 14.4 Å². The van der Waals surface area contributed by atoms with Crippen LogP contribution in [0, 0.1) is 17.8 Å². The van der Waals surface area contributed by atoms with E-state index in [1.807, 2.05) is 30.0 Å². The molecule has 3 aliphatic heterocycles. The molecule has 0 bridgehead atoms. The second-order valence-corrected chi connectivity index (χ2v) is 9.47. The standard InChI is InChI=1S/C24H34N4O3/c1-15-13-19(25-3)22(29)26-20(15)23(30)28-14-16(2)18-10-12-27(24(31)21(18)28)11-9-17-7-5-4-6-8-17/h4-8,15-16,18-21,25H,9-14H2,1-3H3,(H,26,29)/t15?,16-,18+,19-,20-,21?/m0/s1. The number of likely N-dealkylation sites (tertiary alicyclic amines) is 2. The second kappa shape index (κ2) is 8.99. The van der Waals surface area contributed by atoms with Crippen molar-refractivity contribution in [1.82, 2.24) is 20.4 Å². The number of rotatable bonds is 5. The topological polar surface area (TPSA) is 81.8 Å². The fraction of sp³-hybridized carbons (Fsp3) is 0.625. The highest BCUT2D eigenvalue weighted by atomic mass is 16.2. The summed E-state index contributed by atoms with van der Waals surface area (Å²) in [5.41, 5.74) is 1.21. The monoisotopic (exact) mass is 426 g/mol. The van der Waals surface area contributed by atoms with Crippen molar-refractivity contribution in [2.24, 2.45) is 17.8 Å². The second-order valence-electron chi connectivity index (χ2n) is 9.47. The smallest absolute Gasteiger partial charge is 0.246 e. The van der Waals surface area contributed by atoms with Crippen LogP contribution >= 0.6 is 0 Å². The normalized spacial score (nSPS) is 33.3. The number of hydrogen-bond donors (Lipinski definition) is 2. The van der Waals surface area contributed by atoms with E-state index in [4.69, 9.17) is 0 Å². The van der Waals surface area contributed by atoms with Gasteiger partial charge in [-0.1, -0.05) is 44.2 Å². The van der Waals surface area contributed by atoms with Gasteiger partial charge < -0.3 is 20.4 Å². The molecule has 3 fully saturated rings. The lowest BCUT2D eigenvalue weighted by Gasteiger charge is -2.41. The van der Waals surface area contributed by atoms with Gasteiger partial charge in [-0.05, 0) is 49.6 Å². The lowest BCUT2D eigenvalue weighted by Crippen LogP contribution is -2.63. The molecule has 6 atom stereocenters. The average Bonchev–Trinajstić information content (AvgIpc) is 3.12. The Labute approximate surface area is 184 Å². The van der Waals surface area contributed by atoms with E-state index in [1.54, 1.807) is 11.9 Å². The van der Waals surface area contributed by atoms with E-state index in [2.05, 4.69) is 29.7 Å². The summed E-state index contributed by atoms with van der Waals surface area (Å²) in [5.74, 6) is 0.325. The van der Waals surface area contributed by atoms with Crippen LogP contribution in [0.4, 0.5) is 0 Å². The van der Waals surface area contributed by atoms with Crippen molar-refractivity contribution in [3.63, 3.8) is 0 Å². The molecular formula is C24H34N4O3. The molecule has 2 unspecified atom stereocenters. The van der Waals surface area contributed by atoms with Crippen LogP contribution in [0.15, 0.2) is 30.3 Å². The zero-order valence-corrected chi connectivity index (χ0v) is 18.7. The SMILES string of the molecule is CN[C@H]1CC(C)[C@@H](C(=O)N2C[C@H](C)[C@H]3CCN(CCc4ccccc4)C(=O)C32)NC1=O. The van der Waals surface area contributed by atoms with Gasteiger partial charge in [-0.15, -0.1) is 0 Å². The van der Waals surface area contributed by atoms with E-state index in [-0.39, 0.29) is 41.5 Å². The summed E-state index contributed by atoms with van der Waals surface area (Å²) in [6.07, 6.45) is 2.35. The van der Waals surface area contributed by atoms with E-state index in [0.717, 1.165) is 19.4 Å². The number of hydrogen-bond acceptors (Lipinski definition) is 4. The van der Waals surface area contributed by atoms with Gasteiger partial charge in [0.25, 0.3) is 0 Å². The molecule has 2 N–H and O–H groups in total. The van der Waals surface area contributed by atoms with Gasteiger partial charge in [-0.3, -0.25) is 14.4 Å². The molecule has 7 nitrogen and oxygen atoms in total. The number of nitrogens with one attached hydrogen (secondary N) is 2. The molecule has 1 aromatic carbocycles. The molecule has 3 saturated heterocycles. The van der Waals surface area contributed by atoms with Gasteiger partial charge in [0.15, 0.2) is 0 Å². The third-order valence-electron chi connectivity index (χ3n) is 7.46. The molecule has 7 heteroatoms. The van der Waals surface area contributed by atoms with Crippen LogP contribution in [0.25, 0.3) is 0 Å². The maximum absolute atomic E-state index is 13.5. The van der Waals surface area contributed by atoms with Crippen LogP contribution in [-0.2, 0) is 20.8 Å². The molecule has 3 heterocycles. The van der Waals surface area contributed by atoms with Crippen molar-refractivity contribution in [3.8, 4) is 0 Å². The maximum atomic E-state index is 13.5. The quantitative estimate of drug-likeness (QED) is 0.737. The number of carbonyl (C=O) groups excluding carboxylic acids is 3. The summed E-state index contributed by atoms with van der Waals surface area (Å²) in [7, 11) is 1.76. The van der Waals surface area contributed by atoms with Crippen molar-refractivity contribution in [2.45, 2.75) is 51.2 Å². The number of carbonyl (C=O) groups is 3. The molecule has 1 aromatic rings. The Kier molecular flexibility index (Phi) is 6.32. The van der Waals surface area contributed by atoms with Gasteiger partial charge in [-0.25, -0.2) is 0 Å². The largest absolute Gasteiger partial charge is 0.343 e. The minimum Gasteiger partial charge on any atom is -0.343 e. The highest BCUT2D eigenvalue weighted by molar-refractivity contribution is 5.95. The molecule has 0 aromatic heterocycles. The minimum absolute atomic E-state index is 0.0184. The summed E-state index contributed by atoms with van der Waals surface area (Å²) >= 11 is 0. The summed E-state index contributed by atoms with van der Waals surface area (Å²) in [5, 5.41) is 5.92. The molecular weight excluding hydrogens is 392 g/mol. The van der Waals surface area contributed by atoms with Gasteiger partial charge in [-0.2, -0.15) is 0 Å². The fourth-order valence-corrected chi connectivity index (χ4v) is 5.56. The number of fused-ring (bicyclic) bond motifs is 1. The van der Waals surface area contributed by atoms with Crippen molar-refractivity contribution in [1.29, 1.82) is 0 Å². The third kappa shape index (κ3) is 4.20. The molecule has 0 radical (unpaired) electrons. The predicted octanol–water partition coefficient (Wildman–Crippen LogP) is 1.04. The van der Waals surface area contributed by atoms with Gasteiger partial charge in [0.05, 0.1) is 6.04 Å². The van der Waals surface area contributed by atoms with Crippen LogP contribution < -0.4 is 10.6 Å². The Balaban J connectivity index is 1.47. The molecule has 3 amide bonds. The molecule has 0 aliphatic carbocycles. The Morgan fingerprint density at radius 3 is 2.61 bits per heavy atom. The van der Waals surface area contributed by atoms with Crippen molar-refractivity contribution in [2.75, 3.05) is 26.7 Å². The van der Waals surface area contributed by atoms with Crippen LogP contribution in [0.2, 0.25) is 0 Å². The highest BCUT2D eigenvalue weighted by Crippen LogP contribution is 2.37. The zero-order chi connectivity index (χ0) is 22.1. The average molecular weight is 427 g/mol. The van der Waals surface area contributed by atoms with Crippen LogP contribution in [-0.4, -0.2) is 72.3 Å². The van der Waals surface area contributed by atoms with Crippen LogP contribution in [0.5, 0.6) is 0 Å². The number of nitrogens with zero attached hydrogens (tertiary/aromatic N) is 2. The molecule has 3 aliphatic rings. The summed E-state index contributed by atoms with van der Waals surface area (Å²) in [6.45, 7) is 6.14. The van der Waals surface area contributed by atoms with Gasteiger partial charge in [0.2, 0.25) is 17.7 Å². The zero-order valence-electron chi connectivity index (χ0n) is 18.7. The summed E-state index contributed by atoms with van der Waals surface area (Å²) < 4.78 is 0. The number of benzene rings is 1. The molecule has 0 spiro atoms. The first kappa shape index (κ1) is 21.8. The van der Waals surface area contributed by atoms with Gasteiger partial charge >= 0.3 is 0 Å². The van der Waals surface area contributed by atoms with Crippen LogP contribution in [0.3, 0.4) is 0 Å². The molecule has 31 heavy (non-hydrogen) atoms. The summed E-state index contributed by atoms with van der Waals surface area (Å²) in [6, 6.07) is 8.95. The lowest BCUT2D eigenvalue weighted by molar-refractivity contribution is -0.150. The van der Waals surface area contributed by atoms with E-state index >= 15 is 0 Å². The van der Waals surface area contributed by atoms with Crippen LogP contribution in [0.1, 0.15) is 32.3 Å². The Morgan fingerprint density at radius 1 is 1.16 bits per heavy atom. The number of amides is 3. The first-order valence-corrected chi connectivity index (χ1v) is 11.5. The summed E-state index contributed by atoms with van der Waals surface area (Å²) in [4.78, 5) is 43.0. The first-order chi connectivity index (χ1) is 14.9. The van der Waals surface area contributed by atoms with Crippen molar-refractivity contribution in [3.05, 3.63) is 35.9 Å². The molecule has 168 valence electrons. The Hall–Kier alpha value is -2.41. The lowest BCUT2D eigenvalue weighted by atomic mass is 9.84. The van der Waals surface area contributed by atoms with E-state index in [9.17, 15) is 14.4 Å².